The number of hydrogen-bond donors (Lipinski definition) is 1. The fourth-order valence-corrected chi connectivity index (χ4v) is 3.58. The largest absolute Gasteiger partial charge is 0.477 e. The molecule has 1 aliphatic rings. The summed E-state index contributed by atoms with van der Waals surface area (Å²) in [5, 5.41) is 13.4. The van der Waals surface area contributed by atoms with Gasteiger partial charge in [0.15, 0.2) is 5.13 Å². The Morgan fingerprint density at radius 2 is 2.26 bits per heavy atom. The molecule has 0 radical (unpaired) electrons. The van der Waals surface area contributed by atoms with Gasteiger partial charge >= 0.3 is 12.6 Å². The number of nitrogens with zero attached hydrogens (tertiary/aromatic N) is 4. The summed E-state index contributed by atoms with van der Waals surface area (Å²) in [6, 6.07) is 2.28. The highest BCUT2D eigenvalue weighted by Crippen LogP contribution is 2.31. The van der Waals surface area contributed by atoms with Crippen LogP contribution in [0.5, 0.6) is 5.88 Å². The van der Waals surface area contributed by atoms with Crippen LogP contribution in [0.25, 0.3) is 0 Å². The number of ether oxygens (including phenoxy) is 2. The number of carboxylic acid groups (broad SMARTS) is 1. The fourth-order valence-electron chi connectivity index (χ4n) is 2.75. The predicted octanol–water partition coefficient (Wildman–Crippen LogP) is 1.20. The first-order chi connectivity index (χ1) is 12.8. The summed E-state index contributed by atoms with van der Waals surface area (Å²) < 4.78 is 36.2. The fraction of sp³-hybridized carbons (Fsp3) is 0.467. The number of aryl methyl sites for hydroxylation is 1. The molecule has 1 aliphatic heterocycles. The van der Waals surface area contributed by atoms with E-state index in [1.54, 1.807) is 4.90 Å². The van der Waals surface area contributed by atoms with Crippen LogP contribution in [-0.4, -0.2) is 57.7 Å². The van der Waals surface area contributed by atoms with Crippen molar-refractivity contribution < 1.29 is 28.2 Å². The molecule has 2 atom stereocenters. The highest BCUT2D eigenvalue weighted by atomic mass is 32.1. The normalized spacial score (nSPS) is 19.6. The van der Waals surface area contributed by atoms with Crippen molar-refractivity contribution in [3.8, 4) is 5.88 Å². The third-order valence-corrected chi connectivity index (χ3v) is 4.99. The minimum atomic E-state index is -2.91. The molecule has 0 aromatic carbocycles. The predicted molar refractivity (Wildman–Crippen MR) is 90.7 cm³/mol. The SMILES string of the molecule is Cn1nc(O[C@H]2C[C@@H](COC(F)F)N(c3ncc(C(=O)O)s3)C2)ccc1=O. The van der Waals surface area contributed by atoms with Crippen LogP contribution in [0.3, 0.4) is 0 Å². The Balaban J connectivity index is 1.76. The van der Waals surface area contributed by atoms with Crippen LogP contribution < -0.4 is 15.2 Å². The van der Waals surface area contributed by atoms with Crippen molar-refractivity contribution >= 4 is 22.4 Å². The quantitative estimate of drug-likeness (QED) is 0.736. The Labute approximate surface area is 155 Å². The van der Waals surface area contributed by atoms with Gasteiger partial charge in [-0.1, -0.05) is 11.3 Å². The second-order valence-electron chi connectivity index (χ2n) is 5.82. The van der Waals surface area contributed by atoms with Crippen LogP contribution in [-0.2, 0) is 11.8 Å². The molecule has 2 aromatic rings. The summed E-state index contributed by atoms with van der Waals surface area (Å²) in [7, 11) is 1.48. The first-order valence-corrected chi connectivity index (χ1v) is 8.71. The maximum atomic E-state index is 12.4. The van der Waals surface area contributed by atoms with E-state index in [0.29, 0.717) is 11.6 Å². The lowest BCUT2D eigenvalue weighted by Gasteiger charge is -2.23. The Morgan fingerprint density at radius 1 is 1.48 bits per heavy atom. The molecule has 0 aliphatic carbocycles. The third-order valence-electron chi connectivity index (χ3n) is 3.96. The van der Waals surface area contributed by atoms with E-state index in [0.717, 1.165) is 16.0 Å². The Kier molecular flexibility index (Phi) is 5.65. The van der Waals surface area contributed by atoms with Crippen molar-refractivity contribution in [2.24, 2.45) is 7.05 Å². The average Bonchev–Trinajstić information content (AvgIpc) is 3.23. The Bertz CT molecular complexity index is 874. The van der Waals surface area contributed by atoms with Crippen LogP contribution in [0.15, 0.2) is 23.1 Å². The minimum Gasteiger partial charge on any atom is -0.477 e. The van der Waals surface area contributed by atoms with E-state index in [9.17, 15) is 18.4 Å². The van der Waals surface area contributed by atoms with Crippen LogP contribution in [0.2, 0.25) is 0 Å². The molecule has 0 saturated carbocycles. The number of aromatic carboxylic acids is 1. The van der Waals surface area contributed by atoms with Gasteiger partial charge in [-0.15, -0.1) is 5.10 Å². The number of halogens is 2. The zero-order valence-electron chi connectivity index (χ0n) is 14.1. The lowest BCUT2D eigenvalue weighted by molar-refractivity contribution is -0.131. The first kappa shape index (κ1) is 19.2. The minimum absolute atomic E-state index is 0.0441. The summed E-state index contributed by atoms with van der Waals surface area (Å²) in [6.45, 7) is -2.89. The van der Waals surface area contributed by atoms with Crippen molar-refractivity contribution in [1.82, 2.24) is 14.8 Å². The van der Waals surface area contributed by atoms with E-state index in [4.69, 9.17) is 9.84 Å². The summed E-state index contributed by atoms with van der Waals surface area (Å²) in [5.74, 6) is -0.886. The lowest BCUT2D eigenvalue weighted by Crippen LogP contribution is -2.34. The standard InChI is InChI=1S/C15H16F2N4O5S/c1-20-12(22)3-2-11(19-20)26-9-4-8(7-25-14(16)17)21(6-9)15-18-5-10(27-15)13(23)24/h2-3,5,8-9,14H,4,6-7H2,1H3,(H,23,24)/t8-,9-/m0/s1. The number of anilines is 1. The third kappa shape index (κ3) is 4.57. The highest BCUT2D eigenvalue weighted by Gasteiger charge is 2.36. The topological polar surface area (TPSA) is 107 Å². The van der Waals surface area contributed by atoms with Crippen molar-refractivity contribution in [2.45, 2.75) is 25.2 Å². The molecule has 146 valence electrons. The summed E-state index contributed by atoms with van der Waals surface area (Å²) >= 11 is 0.945. The maximum Gasteiger partial charge on any atom is 0.347 e. The average molecular weight is 402 g/mol. The molecule has 0 unspecified atom stereocenters. The molecule has 27 heavy (non-hydrogen) atoms. The van der Waals surface area contributed by atoms with Gasteiger partial charge in [0.05, 0.1) is 25.4 Å². The van der Waals surface area contributed by atoms with Gasteiger partial charge in [-0.2, -0.15) is 8.78 Å². The number of rotatable bonds is 7. The number of aromatic nitrogens is 3. The van der Waals surface area contributed by atoms with Crippen LogP contribution in [0.4, 0.5) is 13.9 Å². The number of hydrogen-bond acceptors (Lipinski definition) is 8. The Morgan fingerprint density at radius 3 is 2.89 bits per heavy atom. The van der Waals surface area contributed by atoms with Crippen molar-refractivity contribution in [3.05, 3.63) is 33.6 Å². The zero-order valence-corrected chi connectivity index (χ0v) is 14.9. The van der Waals surface area contributed by atoms with Gasteiger partial charge < -0.3 is 19.5 Å². The van der Waals surface area contributed by atoms with Crippen LogP contribution >= 0.6 is 11.3 Å². The van der Waals surface area contributed by atoms with E-state index >= 15 is 0 Å². The smallest absolute Gasteiger partial charge is 0.347 e. The molecule has 12 heteroatoms. The van der Waals surface area contributed by atoms with Crippen molar-refractivity contribution in [3.63, 3.8) is 0 Å². The summed E-state index contributed by atoms with van der Waals surface area (Å²) in [5.41, 5.74) is -0.289. The van der Waals surface area contributed by atoms with Crippen molar-refractivity contribution in [2.75, 3.05) is 18.1 Å². The van der Waals surface area contributed by atoms with E-state index in [1.807, 2.05) is 0 Å². The van der Waals surface area contributed by atoms with Gasteiger partial charge in [0.1, 0.15) is 11.0 Å². The molecule has 2 aromatic heterocycles. The number of carboxylic acids is 1. The van der Waals surface area contributed by atoms with Gasteiger partial charge in [0.25, 0.3) is 5.56 Å². The van der Waals surface area contributed by atoms with E-state index in [2.05, 4.69) is 14.8 Å². The van der Waals surface area contributed by atoms with E-state index < -0.39 is 24.7 Å². The molecule has 0 amide bonds. The molecule has 9 nitrogen and oxygen atoms in total. The molecule has 3 rings (SSSR count). The molecule has 0 bridgehead atoms. The molecular formula is C15H16F2N4O5S. The van der Waals surface area contributed by atoms with Crippen LogP contribution in [0, 0.1) is 0 Å². The maximum absolute atomic E-state index is 12.4. The zero-order chi connectivity index (χ0) is 19.6. The number of carbonyl (C=O) groups is 1. The molecule has 0 spiro atoms. The van der Waals surface area contributed by atoms with Crippen LogP contribution in [0.1, 0.15) is 16.1 Å². The number of alkyl halides is 2. The molecule has 3 heterocycles. The Hall–Kier alpha value is -2.60. The number of thiazole rings is 1. The lowest BCUT2D eigenvalue weighted by atomic mass is 10.2. The highest BCUT2D eigenvalue weighted by molar-refractivity contribution is 7.17. The second-order valence-corrected chi connectivity index (χ2v) is 6.83. The monoisotopic (exact) mass is 402 g/mol. The van der Waals surface area contributed by atoms with Gasteiger partial charge in [0, 0.05) is 25.6 Å². The molecule has 1 saturated heterocycles. The van der Waals surface area contributed by atoms with E-state index in [1.165, 1.54) is 25.4 Å². The molecular weight excluding hydrogens is 386 g/mol. The van der Waals surface area contributed by atoms with E-state index in [-0.39, 0.29) is 29.5 Å². The first-order valence-electron chi connectivity index (χ1n) is 7.90. The van der Waals surface area contributed by atoms with Gasteiger partial charge in [-0.3, -0.25) is 4.79 Å². The second kappa shape index (κ2) is 7.96. The van der Waals surface area contributed by atoms with Gasteiger partial charge in [-0.25, -0.2) is 14.5 Å². The van der Waals surface area contributed by atoms with Gasteiger partial charge in [0.2, 0.25) is 5.88 Å². The van der Waals surface area contributed by atoms with Gasteiger partial charge in [-0.05, 0) is 0 Å². The van der Waals surface area contributed by atoms with Crippen molar-refractivity contribution in [1.29, 1.82) is 0 Å². The summed E-state index contributed by atoms with van der Waals surface area (Å²) in [4.78, 5) is 28.3. The molecule has 1 N–H and O–H groups in total. The summed E-state index contributed by atoms with van der Waals surface area (Å²) in [6.07, 6.45) is 1.15. The molecule has 1 fully saturated rings.